The van der Waals surface area contributed by atoms with Gasteiger partial charge in [0.2, 0.25) is 0 Å². The van der Waals surface area contributed by atoms with E-state index in [0.717, 1.165) is 6.42 Å². The van der Waals surface area contributed by atoms with Gasteiger partial charge in [-0.15, -0.1) is 11.6 Å². The SMILES string of the molecule is Cc1nc2n(c(=O)c1CCCl)CCCC2O.O=C(O)C(=O)O. The van der Waals surface area contributed by atoms with Gasteiger partial charge in [-0.25, -0.2) is 14.6 Å². The summed E-state index contributed by atoms with van der Waals surface area (Å²) in [7, 11) is 0. The number of aryl methyl sites for hydroxylation is 1. The third-order valence-corrected chi connectivity index (χ3v) is 3.37. The van der Waals surface area contributed by atoms with Gasteiger partial charge >= 0.3 is 11.9 Å². The molecule has 0 bridgehead atoms. The Bertz CT molecular complexity index is 616. The number of hydrogen-bond acceptors (Lipinski definition) is 5. The highest BCUT2D eigenvalue weighted by atomic mass is 35.5. The number of hydrogen-bond donors (Lipinski definition) is 3. The van der Waals surface area contributed by atoms with E-state index >= 15 is 0 Å². The molecule has 0 fully saturated rings. The molecule has 0 saturated heterocycles. The number of carboxylic acids is 2. The van der Waals surface area contributed by atoms with Gasteiger partial charge in [0, 0.05) is 23.7 Å². The molecule has 0 aliphatic carbocycles. The number of fused-ring (bicyclic) bond motifs is 1. The highest BCUT2D eigenvalue weighted by molar-refractivity contribution is 6.27. The summed E-state index contributed by atoms with van der Waals surface area (Å²) in [5, 5.41) is 24.6. The summed E-state index contributed by atoms with van der Waals surface area (Å²) in [6, 6.07) is 0. The van der Waals surface area contributed by atoms with Crippen LogP contribution in [-0.4, -0.2) is 42.7 Å². The quantitative estimate of drug-likeness (QED) is 0.525. The normalized spacial score (nSPS) is 16.2. The molecule has 2 rings (SSSR count). The zero-order valence-electron chi connectivity index (χ0n) is 12.0. The summed E-state index contributed by atoms with van der Waals surface area (Å²) in [6.45, 7) is 2.44. The van der Waals surface area contributed by atoms with E-state index in [2.05, 4.69) is 4.98 Å². The lowest BCUT2D eigenvalue weighted by atomic mass is 10.1. The van der Waals surface area contributed by atoms with Crippen LogP contribution in [0.4, 0.5) is 0 Å². The molecule has 0 saturated carbocycles. The average Bonchev–Trinajstić information content (AvgIpc) is 2.45. The van der Waals surface area contributed by atoms with Crippen LogP contribution in [0.25, 0.3) is 0 Å². The molecule has 1 aromatic rings. The maximum absolute atomic E-state index is 12.1. The monoisotopic (exact) mass is 332 g/mol. The molecule has 9 heteroatoms. The highest BCUT2D eigenvalue weighted by Gasteiger charge is 2.22. The van der Waals surface area contributed by atoms with Gasteiger partial charge in [-0.1, -0.05) is 0 Å². The van der Waals surface area contributed by atoms with Gasteiger partial charge in [0.15, 0.2) is 0 Å². The summed E-state index contributed by atoms with van der Waals surface area (Å²) >= 11 is 5.67. The number of halogens is 1. The van der Waals surface area contributed by atoms with Crippen molar-refractivity contribution >= 4 is 23.5 Å². The second-order valence-electron chi connectivity index (χ2n) is 4.70. The van der Waals surface area contributed by atoms with Crippen molar-refractivity contribution in [3.8, 4) is 0 Å². The first-order valence-electron chi connectivity index (χ1n) is 6.60. The average molecular weight is 333 g/mol. The number of carboxylic acid groups (broad SMARTS) is 2. The van der Waals surface area contributed by atoms with E-state index in [-0.39, 0.29) is 5.56 Å². The molecular weight excluding hydrogens is 316 g/mol. The topological polar surface area (TPSA) is 130 Å². The molecule has 2 heterocycles. The Morgan fingerprint density at radius 2 is 1.95 bits per heavy atom. The summed E-state index contributed by atoms with van der Waals surface area (Å²) in [4.78, 5) is 34.7. The molecule has 1 aliphatic heterocycles. The van der Waals surface area contributed by atoms with E-state index in [4.69, 9.17) is 31.4 Å². The van der Waals surface area contributed by atoms with Crippen molar-refractivity contribution in [3.05, 3.63) is 27.4 Å². The van der Waals surface area contributed by atoms with Crippen molar-refractivity contribution in [2.75, 3.05) is 5.88 Å². The van der Waals surface area contributed by atoms with Gasteiger partial charge < -0.3 is 15.3 Å². The molecule has 8 nitrogen and oxygen atoms in total. The highest BCUT2D eigenvalue weighted by Crippen LogP contribution is 2.22. The van der Waals surface area contributed by atoms with Crippen LogP contribution >= 0.6 is 11.6 Å². The van der Waals surface area contributed by atoms with E-state index in [9.17, 15) is 9.90 Å². The molecule has 122 valence electrons. The third-order valence-electron chi connectivity index (χ3n) is 3.18. The molecule has 1 aromatic heterocycles. The van der Waals surface area contributed by atoms with Gasteiger partial charge in [-0.2, -0.15) is 0 Å². The minimum absolute atomic E-state index is 0.0399. The molecule has 0 aromatic carbocycles. The first-order chi connectivity index (χ1) is 10.3. The van der Waals surface area contributed by atoms with Crippen LogP contribution in [0.15, 0.2) is 4.79 Å². The van der Waals surface area contributed by atoms with E-state index in [1.807, 2.05) is 0 Å². The van der Waals surface area contributed by atoms with Gasteiger partial charge in [-0.05, 0) is 26.2 Å². The number of carbonyl (C=O) groups is 2. The molecule has 0 spiro atoms. The van der Waals surface area contributed by atoms with Crippen molar-refractivity contribution in [2.24, 2.45) is 0 Å². The first-order valence-corrected chi connectivity index (χ1v) is 7.13. The Balaban J connectivity index is 0.000000346. The zero-order valence-corrected chi connectivity index (χ0v) is 12.7. The number of alkyl halides is 1. The summed E-state index contributed by atoms with van der Waals surface area (Å²) < 4.78 is 1.59. The minimum Gasteiger partial charge on any atom is -0.473 e. The Kier molecular flexibility index (Phi) is 6.51. The minimum atomic E-state index is -1.82. The predicted octanol–water partition coefficient (Wildman–Crippen LogP) is 0.316. The number of nitrogens with zero attached hydrogens (tertiary/aromatic N) is 2. The van der Waals surface area contributed by atoms with Gasteiger partial charge in [0.1, 0.15) is 11.9 Å². The molecular formula is C13H17ClN2O6. The van der Waals surface area contributed by atoms with Crippen LogP contribution in [0.3, 0.4) is 0 Å². The molecule has 1 atom stereocenters. The zero-order chi connectivity index (χ0) is 16.9. The van der Waals surface area contributed by atoms with E-state index in [0.29, 0.717) is 42.3 Å². The van der Waals surface area contributed by atoms with Gasteiger partial charge in [-0.3, -0.25) is 9.36 Å². The lowest BCUT2D eigenvalue weighted by molar-refractivity contribution is -0.159. The number of aromatic nitrogens is 2. The Morgan fingerprint density at radius 3 is 2.45 bits per heavy atom. The smallest absolute Gasteiger partial charge is 0.414 e. The Morgan fingerprint density at radius 1 is 1.36 bits per heavy atom. The number of rotatable bonds is 2. The van der Waals surface area contributed by atoms with Crippen molar-refractivity contribution in [2.45, 2.75) is 38.8 Å². The number of aliphatic carboxylic acids is 2. The van der Waals surface area contributed by atoms with Crippen LogP contribution in [0, 0.1) is 6.92 Å². The maximum Gasteiger partial charge on any atom is 0.414 e. The van der Waals surface area contributed by atoms with Crippen molar-refractivity contribution in [1.82, 2.24) is 9.55 Å². The lowest BCUT2D eigenvalue weighted by Crippen LogP contribution is -2.33. The fourth-order valence-electron chi connectivity index (χ4n) is 2.15. The Labute approximate surface area is 131 Å². The standard InChI is InChI=1S/C11H15ClN2O2.C2H2O4/c1-7-8(4-5-12)11(16)14-6-2-3-9(15)10(14)13-7;3-1(4)2(5)6/h9,15H,2-6H2,1H3;(H,3,4)(H,5,6). The molecule has 1 unspecified atom stereocenters. The van der Waals surface area contributed by atoms with Crippen LogP contribution < -0.4 is 5.56 Å². The van der Waals surface area contributed by atoms with Gasteiger partial charge in [0.25, 0.3) is 5.56 Å². The number of aliphatic hydroxyl groups excluding tert-OH is 1. The van der Waals surface area contributed by atoms with Crippen LogP contribution in [0.1, 0.15) is 36.0 Å². The largest absolute Gasteiger partial charge is 0.473 e. The molecule has 22 heavy (non-hydrogen) atoms. The van der Waals surface area contributed by atoms with Crippen LogP contribution in [0.5, 0.6) is 0 Å². The first kappa shape index (κ1) is 18.1. The van der Waals surface area contributed by atoms with Crippen LogP contribution in [-0.2, 0) is 22.6 Å². The lowest BCUT2D eigenvalue weighted by Gasteiger charge is -2.23. The van der Waals surface area contributed by atoms with E-state index < -0.39 is 18.0 Å². The summed E-state index contributed by atoms with van der Waals surface area (Å²) in [6.07, 6.45) is 1.43. The molecule has 3 N–H and O–H groups in total. The van der Waals surface area contributed by atoms with E-state index in [1.54, 1.807) is 11.5 Å². The fraction of sp³-hybridized carbons (Fsp3) is 0.538. The van der Waals surface area contributed by atoms with Crippen molar-refractivity contribution in [3.63, 3.8) is 0 Å². The second-order valence-corrected chi connectivity index (χ2v) is 5.08. The fourth-order valence-corrected chi connectivity index (χ4v) is 2.34. The summed E-state index contributed by atoms with van der Waals surface area (Å²) in [5.74, 6) is -2.73. The third kappa shape index (κ3) is 4.28. The number of aliphatic hydroxyl groups is 1. The summed E-state index contributed by atoms with van der Waals surface area (Å²) in [5.41, 5.74) is 1.33. The van der Waals surface area contributed by atoms with Gasteiger partial charge in [0.05, 0.1) is 0 Å². The maximum atomic E-state index is 12.1. The Hall–Kier alpha value is -1.93. The van der Waals surface area contributed by atoms with Crippen molar-refractivity contribution < 1.29 is 24.9 Å². The van der Waals surface area contributed by atoms with Crippen LogP contribution in [0.2, 0.25) is 0 Å². The van der Waals surface area contributed by atoms with E-state index in [1.165, 1.54) is 0 Å². The predicted molar refractivity (Wildman–Crippen MR) is 77.1 cm³/mol. The van der Waals surface area contributed by atoms with Crippen molar-refractivity contribution in [1.29, 1.82) is 0 Å². The molecule has 1 aliphatic rings. The molecule has 0 radical (unpaired) electrons. The molecule has 0 amide bonds. The second kappa shape index (κ2) is 7.90.